The first kappa shape index (κ1) is 25.9. The lowest BCUT2D eigenvalue weighted by atomic mass is 9.99. The molecule has 3 heteroatoms. The van der Waals surface area contributed by atoms with Gasteiger partial charge in [-0.25, -0.2) is 0 Å². The van der Waals surface area contributed by atoms with Crippen LogP contribution in [-0.2, 0) is 6.54 Å². The minimum Gasteiger partial charge on any atom is -0.459 e. The van der Waals surface area contributed by atoms with Crippen LogP contribution in [-0.4, -0.2) is 0 Å². The fourth-order valence-electron chi connectivity index (χ4n) is 6.13. The van der Waals surface area contributed by atoms with Crippen LogP contribution in [0.1, 0.15) is 11.3 Å². The Kier molecular flexibility index (Phi) is 6.54. The van der Waals surface area contributed by atoms with Gasteiger partial charge in [0.25, 0.3) is 0 Å². The molecule has 8 rings (SSSR count). The third kappa shape index (κ3) is 4.75. The highest BCUT2D eigenvalue weighted by Crippen LogP contribution is 2.40. The molecule has 1 aliphatic heterocycles. The minimum absolute atomic E-state index is 0.617. The number of nitrogens with one attached hydrogen (secondary N) is 1. The van der Waals surface area contributed by atoms with Crippen molar-refractivity contribution in [2.45, 2.75) is 6.54 Å². The van der Waals surface area contributed by atoms with Crippen molar-refractivity contribution in [2.75, 3.05) is 4.90 Å². The van der Waals surface area contributed by atoms with E-state index in [-0.39, 0.29) is 0 Å². The van der Waals surface area contributed by atoms with Gasteiger partial charge in [0, 0.05) is 22.2 Å². The maximum Gasteiger partial charge on any atom is 0.135 e. The van der Waals surface area contributed by atoms with E-state index in [1.165, 1.54) is 33.4 Å². The Bertz CT molecular complexity index is 2090. The first-order valence-corrected chi connectivity index (χ1v) is 15.0. The Balaban J connectivity index is 1.22. The number of fused-ring (bicyclic) bond motifs is 3. The van der Waals surface area contributed by atoms with E-state index < -0.39 is 0 Å². The Morgan fingerprint density at radius 2 is 1.05 bits per heavy atom. The summed E-state index contributed by atoms with van der Waals surface area (Å²) in [5, 5.41) is 4.80. The molecule has 1 aromatic heterocycles. The zero-order chi connectivity index (χ0) is 29.3. The Morgan fingerprint density at radius 1 is 0.500 bits per heavy atom. The monoisotopic (exact) mass is 566 g/mol. The topological polar surface area (TPSA) is 28.4 Å². The van der Waals surface area contributed by atoms with Gasteiger partial charge in [-0.05, 0) is 58.2 Å². The van der Waals surface area contributed by atoms with Crippen molar-refractivity contribution in [1.82, 2.24) is 5.32 Å². The molecule has 0 unspecified atom stereocenters. The van der Waals surface area contributed by atoms with Crippen molar-refractivity contribution < 1.29 is 4.42 Å². The van der Waals surface area contributed by atoms with E-state index in [2.05, 4.69) is 162 Å². The highest BCUT2D eigenvalue weighted by molar-refractivity contribution is 5.92. The fourth-order valence-corrected chi connectivity index (χ4v) is 6.13. The quantitative estimate of drug-likeness (QED) is 0.217. The number of rotatable bonds is 6. The molecule has 0 saturated heterocycles. The predicted molar refractivity (Wildman–Crippen MR) is 182 cm³/mol. The maximum absolute atomic E-state index is 6.20. The Morgan fingerprint density at radius 3 is 1.75 bits per heavy atom. The van der Waals surface area contributed by atoms with Gasteiger partial charge in [0.2, 0.25) is 0 Å². The second-order valence-electron chi connectivity index (χ2n) is 11.0. The molecule has 0 amide bonds. The van der Waals surface area contributed by atoms with E-state index in [4.69, 9.17) is 4.42 Å². The van der Waals surface area contributed by atoms with Crippen LogP contribution < -0.4 is 10.2 Å². The molecule has 0 spiro atoms. The van der Waals surface area contributed by atoms with Gasteiger partial charge in [-0.15, -0.1) is 0 Å². The van der Waals surface area contributed by atoms with Gasteiger partial charge in [-0.3, -0.25) is 4.90 Å². The average Bonchev–Trinajstić information content (AvgIpc) is 3.48. The summed E-state index contributed by atoms with van der Waals surface area (Å²) in [5.74, 6) is 1.97. The third-order valence-electron chi connectivity index (χ3n) is 8.34. The van der Waals surface area contributed by atoms with Crippen LogP contribution in [0, 0.1) is 0 Å². The summed E-state index contributed by atoms with van der Waals surface area (Å²) in [6.07, 6.45) is 2.22. The highest BCUT2D eigenvalue weighted by Gasteiger charge is 2.24. The van der Waals surface area contributed by atoms with E-state index in [9.17, 15) is 0 Å². The number of nitrogens with zero attached hydrogens (tertiary/aromatic N) is 1. The van der Waals surface area contributed by atoms with Gasteiger partial charge in [-0.1, -0.05) is 133 Å². The number of anilines is 2. The summed E-state index contributed by atoms with van der Waals surface area (Å²) in [7, 11) is 0. The lowest BCUT2D eigenvalue weighted by Crippen LogP contribution is -2.30. The summed E-state index contributed by atoms with van der Waals surface area (Å²) in [4.78, 5) is 2.33. The fraction of sp³-hybridized carbons (Fsp3) is 0.0244. The van der Waals surface area contributed by atoms with Crippen molar-refractivity contribution in [2.24, 2.45) is 0 Å². The highest BCUT2D eigenvalue weighted by atomic mass is 16.3. The lowest BCUT2D eigenvalue weighted by Gasteiger charge is -2.32. The van der Waals surface area contributed by atoms with E-state index in [1.807, 2.05) is 12.1 Å². The SMILES string of the molecule is C1=C(N(c2ccc(-c3ccc(-c4ccccc4)cc3)cc2)c2ccccc2-c2ccccc2)NCc2oc3ccccc3c21. The second-order valence-corrected chi connectivity index (χ2v) is 11.0. The standard InChI is InChI=1S/C41H30N2O/c1-3-11-29(12-4-1)30-19-21-31(22-20-30)32-23-25-34(26-24-32)43(38-17-9-7-15-35(38)33-13-5-2-6-14-33)41-27-37-36-16-8-10-18-39(36)44-40(37)28-42-41/h1-27,42H,28H2. The molecule has 7 aromatic rings. The largest absolute Gasteiger partial charge is 0.459 e. The molecule has 0 fully saturated rings. The molecule has 6 aromatic carbocycles. The molecule has 44 heavy (non-hydrogen) atoms. The second kappa shape index (κ2) is 11.1. The van der Waals surface area contributed by atoms with Crippen LogP contribution in [0.25, 0.3) is 50.4 Å². The van der Waals surface area contributed by atoms with Gasteiger partial charge in [0.1, 0.15) is 17.2 Å². The van der Waals surface area contributed by atoms with Crippen molar-refractivity contribution in [1.29, 1.82) is 0 Å². The molecule has 3 nitrogen and oxygen atoms in total. The van der Waals surface area contributed by atoms with E-state index >= 15 is 0 Å². The van der Waals surface area contributed by atoms with E-state index in [1.54, 1.807) is 0 Å². The Hall–Kier alpha value is -5.80. The summed E-state index contributed by atoms with van der Waals surface area (Å²) in [6.45, 7) is 0.617. The van der Waals surface area contributed by atoms with Crippen LogP contribution in [0.4, 0.5) is 11.4 Å². The molecular formula is C41H30N2O. The van der Waals surface area contributed by atoms with E-state index in [0.717, 1.165) is 39.5 Å². The lowest BCUT2D eigenvalue weighted by molar-refractivity contribution is 0.525. The van der Waals surface area contributed by atoms with Gasteiger partial charge in [0.15, 0.2) is 0 Å². The first-order chi connectivity index (χ1) is 21.8. The molecule has 1 N–H and O–H groups in total. The molecule has 2 heterocycles. The van der Waals surface area contributed by atoms with Crippen LogP contribution in [0.2, 0.25) is 0 Å². The third-order valence-corrected chi connectivity index (χ3v) is 8.34. The molecule has 0 radical (unpaired) electrons. The molecule has 0 saturated carbocycles. The predicted octanol–water partition coefficient (Wildman–Crippen LogP) is 10.7. The number of hydrogen-bond acceptors (Lipinski definition) is 3. The maximum atomic E-state index is 6.20. The zero-order valence-corrected chi connectivity index (χ0v) is 24.2. The summed E-state index contributed by atoms with van der Waals surface area (Å²) in [5.41, 5.74) is 11.4. The summed E-state index contributed by atoms with van der Waals surface area (Å²) >= 11 is 0. The Labute approximate surface area is 257 Å². The van der Waals surface area contributed by atoms with Crippen molar-refractivity contribution in [3.05, 3.63) is 175 Å². The van der Waals surface area contributed by atoms with Crippen LogP contribution in [0.15, 0.2) is 168 Å². The van der Waals surface area contributed by atoms with Crippen molar-refractivity contribution in [3.63, 3.8) is 0 Å². The molecule has 1 aliphatic rings. The van der Waals surface area contributed by atoms with Gasteiger partial charge < -0.3 is 9.73 Å². The van der Waals surface area contributed by atoms with Crippen LogP contribution in [0.3, 0.4) is 0 Å². The van der Waals surface area contributed by atoms with Crippen LogP contribution in [0.5, 0.6) is 0 Å². The van der Waals surface area contributed by atoms with Gasteiger partial charge >= 0.3 is 0 Å². The molecule has 0 bridgehead atoms. The number of furan rings is 1. The first-order valence-electron chi connectivity index (χ1n) is 15.0. The number of benzene rings is 6. The summed E-state index contributed by atoms with van der Waals surface area (Å²) < 4.78 is 6.20. The number of hydrogen-bond donors (Lipinski definition) is 1. The summed E-state index contributed by atoms with van der Waals surface area (Å²) in [6, 6.07) is 55.6. The van der Waals surface area contributed by atoms with Gasteiger partial charge in [-0.2, -0.15) is 0 Å². The van der Waals surface area contributed by atoms with Gasteiger partial charge in [0.05, 0.1) is 12.2 Å². The van der Waals surface area contributed by atoms with Crippen molar-refractivity contribution in [3.8, 4) is 33.4 Å². The molecule has 0 atom stereocenters. The average molecular weight is 567 g/mol. The van der Waals surface area contributed by atoms with E-state index in [0.29, 0.717) is 6.54 Å². The van der Waals surface area contributed by atoms with Crippen LogP contribution >= 0.6 is 0 Å². The normalized spacial score (nSPS) is 12.3. The van der Waals surface area contributed by atoms with Crippen molar-refractivity contribution >= 4 is 28.4 Å². The zero-order valence-electron chi connectivity index (χ0n) is 24.2. The molecular weight excluding hydrogens is 536 g/mol. The molecule has 210 valence electrons. The minimum atomic E-state index is 0.617. The molecule has 0 aliphatic carbocycles. The smallest absolute Gasteiger partial charge is 0.135 e. The number of para-hydroxylation sites is 2.